The highest BCUT2D eigenvalue weighted by molar-refractivity contribution is 7.94. The number of nitrogens with zero attached hydrogens (tertiary/aromatic N) is 2. The molecule has 2 fully saturated rings. The number of fused-ring (bicyclic) bond motifs is 1. The van der Waals surface area contributed by atoms with Crippen LogP contribution in [0.2, 0.25) is 0 Å². The Balaban J connectivity index is 1.38. The van der Waals surface area contributed by atoms with Crippen molar-refractivity contribution in [2.75, 3.05) is 6.54 Å². The predicted octanol–water partition coefficient (Wildman–Crippen LogP) is 0.480. The first-order valence-electron chi connectivity index (χ1n) is 11.1. The zero-order valence-electron chi connectivity index (χ0n) is 19.5. The van der Waals surface area contributed by atoms with Gasteiger partial charge in [-0.15, -0.1) is 0 Å². The lowest BCUT2D eigenvalue weighted by atomic mass is 9.97. The lowest BCUT2D eigenvalue weighted by Gasteiger charge is -2.35. The molecule has 2 aromatic carbocycles. The number of benzene rings is 2. The Morgan fingerprint density at radius 3 is 2.35 bits per heavy atom. The van der Waals surface area contributed by atoms with Crippen LogP contribution >= 0.6 is 0 Å². The predicted molar refractivity (Wildman–Crippen MR) is 129 cm³/mol. The van der Waals surface area contributed by atoms with E-state index in [4.69, 9.17) is 0 Å². The summed E-state index contributed by atoms with van der Waals surface area (Å²) in [5, 5.41) is 29.8. The Kier molecular flexibility index (Phi) is 6.50. The molecule has 0 aliphatic carbocycles. The van der Waals surface area contributed by atoms with E-state index in [9.17, 15) is 42.9 Å². The van der Waals surface area contributed by atoms with E-state index in [0.717, 1.165) is 17.2 Å². The summed E-state index contributed by atoms with van der Waals surface area (Å²) in [4.78, 5) is 53.1. The number of carbonyl (C=O) groups excluding carboxylic acids is 3. The van der Waals surface area contributed by atoms with Crippen molar-refractivity contribution in [3.63, 3.8) is 0 Å². The number of carboxylic acids is 1. The normalized spacial score (nSPS) is 23.9. The monoisotopic (exact) mass is 529 g/mol. The molecular weight excluding hydrogens is 506 g/mol. The molecule has 13 heteroatoms. The van der Waals surface area contributed by atoms with Gasteiger partial charge in [0.25, 0.3) is 5.91 Å². The topological polar surface area (TPSA) is 191 Å². The number of rotatable bonds is 8. The quantitative estimate of drug-likeness (QED) is 0.163. The third-order valence-electron chi connectivity index (χ3n) is 6.52. The molecule has 0 aromatic heterocycles. The molecule has 3 atom stereocenters. The van der Waals surface area contributed by atoms with Crippen LogP contribution in [0.15, 0.2) is 47.5 Å². The van der Waals surface area contributed by atoms with Crippen LogP contribution in [0, 0.1) is 0 Å². The van der Waals surface area contributed by atoms with E-state index in [2.05, 4.69) is 10.3 Å². The fourth-order valence-corrected chi connectivity index (χ4v) is 6.60. The molecule has 2 heterocycles. The number of Topliss-reactive ketones (excluding diaryl/α,β-unsaturated/α-hetero) is 1. The van der Waals surface area contributed by atoms with Crippen LogP contribution in [-0.4, -0.2) is 81.1 Å². The summed E-state index contributed by atoms with van der Waals surface area (Å²) < 4.78 is 23.8. The van der Waals surface area contributed by atoms with Gasteiger partial charge in [-0.3, -0.25) is 19.4 Å². The second-order valence-electron chi connectivity index (χ2n) is 8.91. The van der Waals surface area contributed by atoms with Crippen molar-refractivity contribution in [3.05, 3.63) is 59.2 Å². The van der Waals surface area contributed by atoms with Crippen molar-refractivity contribution >= 4 is 39.6 Å². The highest BCUT2D eigenvalue weighted by Gasteiger charge is 2.69. The van der Waals surface area contributed by atoms with Gasteiger partial charge in [0.15, 0.2) is 33.2 Å². The van der Waals surface area contributed by atoms with E-state index in [0.29, 0.717) is 5.56 Å². The maximum atomic E-state index is 12.9. The number of hydrogen-bond donors (Lipinski definition) is 4. The number of aromatic hydroxyl groups is 2. The molecular formula is C24H23N3O9S. The average molecular weight is 530 g/mol. The smallest absolute Gasteiger partial charge is 0.328 e. The summed E-state index contributed by atoms with van der Waals surface area (Å²) in [6, 6.07) is 8.26. The number of nitrogens with one attached hydrogen (secondary N) is 1. The zero-order chi connectivity index (χ0) is 27.1. The van der Waals surface area contributed by atoms with Gasteiger partial charge in [0.1, 0.15) is 16.7 Å². The van der Waals surface area contributed by atoms with Crippen LogP contribution in [0.3, 0.4) is 0 Å². The van der Waals surface area contributed by atoms with Crippen molar-refractivity contribution < 1.29 is 42.9 Å². The molecule has 2 aliphatic rings. The number of aliphatic imine (C=N–C) groups is 1. The summed E-state index contributed by atoms with van der Waals surface area (Å²) in [7, 11) is -4.06. The third-order valence-corrected chi connectivity index (χ3v) is 9.19. The van der Waals surface area contributed by atoms with Crippen molar-refractivity contribution in [1.29, 1.82) is 0 Å². The third kappa shape index (κ3) is 4.42. The molecule has 2 aliphatic heterocycles. The molecule has 2 amide bonds. The average Bonchev–Trinajstić information content (AvgIpc) is 2.99. The van der Waals surface area contributed by atoms with E-state index in [1.807, 2.05) is 0 Å². The summed E-state index contributed by atoms with van der Waals surface area (Å²) in [5.74, 6) is -3.73. The fraction of sp³-hybridized carbons (Fsp3) is 0.292. The fourth-order valence-electron chi connectivity index (χ4n) is 4.36. The second kappa shape index (κ2) is 9.32. The number of phenols is 2. The number of carboxylic acid groups (broad SMARTS) is 1. The van der Waals surface area contributed by atoms with Gasteiger partial charge in [0.2, 0.25) is 5.91 Å². The van der Waals surface area contributed by atoms with Crippen molar-refractivity contribution in [1.82, 2.24) is 10.2 Å². The standard InChI is InChI=1S/C24H23N3O9S/c1-24(21(23(33)34)27-19(31)9-20(27)37(24,35)36)12-25-11-18(30)14-4-2-13(3-5-14)10-26-22(32)15-6-7-16(28)17(29)8-15/h2-8,12,20-21,28-29H,9-11H2,1H3,(H,26,32)(H,33,34)/t20-,21+,24+/m1/s1. The molecule has 4 N–H and O–H groups in total. The van der Waals surface area contributed by atoms with Crippen LogP contribution in [0.1, 0.15) is 39.6 Å². The van der Waals surface area contributed by atoms with Gasteiger partial charge in [-0.25, -0.2) is 13.2 Å². The van der Waals surface area contributed by atoms with Crippen LogP contribution in [0.4, 0.5) is 0 Å². The molecule has 0 saturated carbocycles. The SMILES string of the molecule is C[C@]1(C=NCC(=O)c2ccc(CNC(=O)c3ccc(O)c(O)c3)cc2)[C@H](C(=O)O)N2C(=O)C[C@H]2S1(=O)=O. The Hall–Kier alpha value is -4.26. The van der Waals surface area contributed by atoms with Crippen LogP contribution in [0.25, 0.3) is 0 Å². The molecule has 37 heavy (non-hydrogen) atoms. The van der Waals surface area contributed by atoms with Crippen LogP contribution in [0.5, 0.6) is 11.5 Å². The molecule has 2 aromatic rings. The van der Waals surface area contributed by atoms with Gasteiger partial charge in [0.05, 0.1) is 6.42 Å². The van der Waals surface area contributed by atoms with E-state index >= 15 is 0 Å². The minimum atomic E-state index is -4.06. The molecule has 0 unspecified atom stereocenters. The first kappa shape index (κ1) is 25.8. The summed E-state index contributed by atoms with van der Waals surface area (Å²) in [5.41, 5.74) is 1.08. The lowest BCUT2D eigenvalue weighted by Crippen LogP contribution is -2.57. The minimum absolute atomic E-state index is 0.121. The maximum absolute atomic E-state index is 12.9. The number of sulfone groups is 1. The van der Waals surface area contributed by atoms with Gasteiger partial charge < -0.3 is 25.5 Å². The Morgan fingerprint density at radius 2 is 1.76 bits per heavy atom. The van der Waals surface area contributed by atoms with Gasteiger partial charge in [-0.2, -0.15) is 0 Å². The van der Waals surface area contributed by atoms with E-state index in [1.165, 1.54) is 31.2 Å². The van der Waals surface area contributed by atoms with Crippen molar-refractivity contribution in [2.45, 2.75) is 36.1 Å². The highest BCUT2D eigenvalue weighted by Crippen LogP contribution is 2.45. The number of phenolic OH excluding ortho intramolecular Hbond substituents is 2. The van der Waals surface area contributed by atoms with E-state index < -0.39 is 61.9 Å². The first-order chi connectivity index (χ1) is 17.4. The molecule has 0 spiro atoms. The zero-order valence-corrected chi connectivity index (χ0v) is 20.3. The molecule has 0 bridgehead atoms. The minimum Gasteiger partial charge on any atom is -0.504 e. The summed E-state index contributed by atoms with van der Waals surface area (Å²) in [6.45, 7) is 0.871. The van der Waals surface area contributed by atoms with E-state index in [1.54, 1.807) is 12.1 Å². The number of β-lactam (4-membered cyclic amide) rings is 1. The first-order valence-corrected chi connectivity index (χ1v) is 12.6. The Morgan fingerprint density at radius 1 is 1.11 bits per heavy atom. The van der Waals surface area contributed by atoms with Gasteiger partial charge in [-0.1, -0.05) is 24.3 Å². The summed E-state index contributed by atoms with van der Waals surface area (Å²) >= 11 is 0. The largest absolute Gasteiger partial charge is 0.504 e. The molecule has 0 radical (unpaired) electrons. The van der Waals surface area contributed by atoms with E-state index in [-0.39, 0.29) is 29.8 Å². The van der Waals surface area contributed by atoms with Gasteiger partial charge >= 0.3 is 5.97 Å². The van der Waals surface area contributed by atoms with Crippen LogP contribution < -0.4 is 5.32 Å². The lowest BCUT2D eigenvalue weighted by molar-refractivity contribution is -0.156. The number of amides is 2. The van der Waals surface area contributed by atoms with Crippen molar-refractivity contribution in [2.24, 2.45) is 4.99 Å². The molecule has 12 nitrogen and oxygen atoms in total. The number of ketones is 1. The second-order valence-corrected chi connectivity index (χ2v) is 11.4. The molecule has 2 saturated heterocycles. The highest BCUT2D eigenvalue weighted by atomic mass is 32.2. The Bertz CT molecular complexity index is 1440. The van der Waals surface area contributed by atoms with Crippen molar-refractivity contribution in [3.8, 4) is 11.5 Å². The molecule has 4 rings (SSSR count). The Labute approximate surface area is 211 Å². The van der Waals surface area contributed by atoms with Gasteiger partial charge in [-0.05, 0) is 30.7 Å². The number of hydrogen-bond acceptors (Lipinski definition) is 9. The molecule has 194 valence electrons. The maximum Gasteiger partial charge on any atom is 0.328 e. The number of carbonyl (C=O) groups is 4. The van der Waals surface area contributed by atoms with Crippen LogP contribution in [-0.2, 0) is 26.0 Å². The number of aliphatic carboxylic acids is 1. The summed E-state index contributed by atoms with van der Waals surface area (Å²) in [6.07, 6.45) is 0.661. The van der Waals surface area contributed by atoms with Gasteiger partial charge in [0, 0.05) is 23.9 Å².